The minimum atomic E-state index is -0.797. The lowest BCUT2D eigenvalue weighted by Gasteiger charge is -2.23. The van der Waals surface area contributed by atoms with Gasteiger partial charge in [0.1, 0.15) is 18.4 Å². The van der Waals surface area contributed by atoms with Gasteiger partial charge in [-0.05, 0) is 17.7 Å². The van der Waals surface area contributed by atoms with Crippen molar-refractivity contribution in [3.63, 3.8) is 0 Å². The van der Waals surface area contributed by atoms with Crippen LogP contribution in [0, 0.1) is 0 Å². The van der Waals surface area contributed by atoms with Gasteiger partial charge in [0.25, 0.3) is 0 Å². The second kappa shape index (κ2) is 8.55. The normalized spacial score (nSPS) is 18.8. The van der Waals surface area contributed by atoms with E-state index in [9.17, 15) is 14.7 Å². The van der Waals surface area contributed by atoms with E-state index in [4.69, 9.17) is 9.47 Å². The zero-order chi connectivity index (χ0) is 19.2. The first kappa shape index (κ1) is 18.7. The van der Waals surface area contributed by atoms with Crippen molar-refractivity contribution in [3.05, 3.63) is 60.2 Å². The molecule has 0 radical (unpaired) electrons. The molecule has 1 fully saturated rings. The number of amides is 2. The van der Waals surface area contributed by atoms with E-state index in [2.05, 4.69) is 5.32 Å². The van der Waals surface area contributed by atoms with Gasteiger partial charge in [-0.25, -0.2) is 4.79 Å². The molecule has 0 saturated carbocycles. The molecule has 2 atom stereocenters. The Kier molecular flexibility index (Phi) is 5.93. The molecule has 7 nitrogen and oxygen atoms in total. The SMILES string of the molecule is COc1cccc(NC(=O)[C@H]2C[C@@H](O)CN2C(=O)OCc2ccccc2)c1. The fraction of sp³-hybridized carbons (Fsp3) is 0.300. The molecule has 142 valence electrons. The molecule has 2 aromatic carbocycles. The number of benzene rings is 2. The van der Waals surface area contributed by atoms with Crippen LogP contribution < -0.4 is 10.1 Å². The Morgan fingerprint density at radius 3 is 2.70 bits per heavy atom. The summed E-state index contributed by atoms with van der Waals surface area (Å²) in [6.07, 6.45) is -1.23. The third-order valence-corrected chi connectivity index (χ3v) is 4.36. The van der Waals surface area contributed by atoms with Gasteiger partial charge >= 0.3 is 6.09 Å². The highest BCUT2D eigenvalue weighted by Gasteiger charge is 2.39. The lowest BCUT2D eigenvalue weighted by atomic mass is 10.2. The van der Waals surface area contributed by atoms with Crippen LogP contribution in [0.25, 0.3) is 0 Å². The van der Waals surface area contributed by atoms with E-state index >= 15 is 0 Å². The second-order valence-electron chi connectivity index (χ2n) is 6.32. The molecule has 2 amide bonds. The zero-order valence-electron chi connectivity index (χ0n) is 15.0. The first-order chi connectivity index (χ1) is 13.1. The van der Waals surface area contributed by atoms with Crippen LogP contribution in [0.2, 0.25) is 0 Å². The van der Waals surface area contributed by atoms with Gasteiger partial charge in [0.15, 0.2) is 0 Å². The predicted molar refractivity (Wildman–Crippen MR) is 99.4 cm³/mol. The number of anilines is 1. The summed E-state index contributed by atoms with van der Waals surface area (Å²) in [5.74, 6) is 0.231. The third-order valence-electron chi connectivity index (χ3n) is 4.36. The number of ether oxygens (including phenoxy) is 2. The lowest BCUT2D eigenvalue weighted by molar-refractivity contribution is -0.120. The summed E-state index contributed by atoms with van der Waals surface area (Å²) >= 11 is 0. The van der Waals surface area contributed by atoms with Gasteiger partial charge in [0, 0.05) is 18.2 Å². The fourth-order valence-corrected chi connectivity index (χ4v) is 2.99. The van der Waals surface area contributed by atoms with Crippen LogP contribution in [0.1, 0.15) is 12.0 Å². The van der Waals surface area contributed by atoms with Gasteiger partial charge in [-0.1, -0.05) is 36.4 Å². The Morgan fingerprint density at radius 2 is 1.96 bits per heavy atom. The van der Waals surface area contributed by atoms with Crippen LogP contribution >= 0.6 is 0 Å². The Morgan fingerprint density at radius 1 is 1.19 bits per heavy atom. The van der Waals surface area contributed by atoms with Crippen LogP contribution in [-0.4, -0.2) is 47.8 Å². The number of carbonyl (C=O) groups is 2. The molecule has 1 heterocycles. The molecule has 3 rings (SSSR count). The summed E-state index contributed by atoms with van der Waals surface area (Å²) < 4.78 is 10.4. The highest BCUT2D eigenvalue weighted by molar-refractivity contribution is 5.97. The van der Waals surface area contributed by atoms with Crippen LogP contribution in [0.5, 0.6) is 5.75 Å². The van der Waals surface area contributed by atoms with Crippen molar-refractivity contribution in [1.29, 1.82) is 0 Å². The van der Waals surface area contributed by atoms with Crippen LogP contribution in [0.4, 0.5) is 10.5 Å². The van der Waals surface area contributed by atoms with Crippen molar-refractivity contribution >= 4 is 17.7 Å². The Bertz CT molecular complexity index is 796. The molecule has 0 spiro atoms. The Hall–Kier alpha value is -3.06. The fourth-order valence-electron chi connectivity index (χ4n) is 2.99. The molecule has 0 aliphatic carbocycles. The topological polar surface area (TPSA) is 88.1 Å². The number of carbonyl (C=O) groups excluding carboxylic acids is 2. The standard InChI is InChI=1S/C20H22N2O5/c1-26-17-9-5-8-15(10-17)21-19(24)18-11-16(23)12-22(18)20(25)27-13-14-6-3-2-4-7-14/h2-10,16,18,23H,11-13H2,1H3,(H,21,24)/t16-,18-/m1/s1. The van der Waals surface area contributed by atoms with Gasteiger partial charge < -0.3 is 19.9 Å². The van der Waals surface area contributed by atoms with E-state index in [1.165, 1.54) is 4.90 Å². The van der Waals surface area contributed by atoms with Gasteiger partial charge in [0.05, 0.1) is 19.8 Å². The van der Waals surface area contributed by atoms with E-state index in [1.807, 2.05) is 30.3 Å². The maximum absolute atomic E-state index is 12.6. The number of nitrogens with one attached hydrogen (secondary N) is 1. The average molecular weight is 370 g/mol. The molecule has 0 unspecified atom stereocenters. The Balaban J connectivity index is 1.63. The zero-order valence-corrected chi connectivity index (χ0v) is 15.0. The summed E-state index contributed by atoms with van der Waals surface area (Å²) in [6, 6.07) is 15.4. The molecule has 1 saturated heterocycles. The summed E-state index contributed by atoms with van der Waals surface area (Å²) in [6.45, 7) is 0.167. The molecule has 1 aliphatic rings. The maximum Gasteiger partial charge on any atom is 0.410 e. The molecule has 2 N–H and O–H groups in total. The quantitative estimate of drug-likeness (QED) is 0.844. The molecule has 1 aliphatic heterocycles. The third kappa shape index (κ3) is 4.77. The number of methoxy groups -OCH3 is 1. The van der Waals surface area contributed by atoms with Crippen molar-refractivity contribution in [2.45, 2.75) is 25.2 Å². The highest BCUT2D eigenvalue weighted by atomic mass is 16.6. The van der Waals surface area contributed by atoms with Gasteiger partial charge in [-0.15, -0.1) is 0 Å². The van der Waals surface area contributed by atoms with E-state index < -0.39 is 18.2 Å². The number of aliphatic hydroxyl groups is 1. The van der Waals surface area contributed by atoms with E-state index in [-0.39, 0.29) is 25.5 Å². The highest BCUT2D eigenvalue weighted by Crippen LogP contribution is 2.23. The van der Waals surface area contributed by atoms with Crippen molar-refractivity contribution in [1.82, 2.24) is 4.90 Å². The molecule has 27 heavy (non-hydrogen) atoms. The van der Waals surface area contributed by atoms with E-state index in [0.29, 0.717) is 11.4 Å². The number of β-amino-alcohol motifs (C(OH)–C–C–N with tert-alkyl or cyclic N) is 1. The monoisotopic (exact) mass is 370 g/mol. The molecular formula is C20H22N2O5. The number of hydrogen-bond donors (Lipinski definition) is 2. The van der Waals surface area contributed by atoms with Gasteiger partial charge in [-0.2, -0.15) is 0 Å². The summed E-state index contributed by atoms with van der Waals surface area (Å²) in [5, 5.41) is 12.7. The number of rotatable bonds is 5. The van der Waals surface area contributed by atoms with Crippen LogP contribution in [0.3, 0.4) is 0 Å². The first-order valence-electron chi connectivity index (χ1n) is 8.67. The first-order valence-corrected chi connectivity index (χ1v) is 8.67. The van der Waals surface area contributed by atoms with E-state index in [1.54, 1.807) is 31.4 Å². The van der Waals surface area contributed by atoms with Crippen molar-refractivity contribution in [2.24, 2.45) is 0 Å². The molecular weight excluding hydrogens is 348 g/mol. The molecule has 2 aromatic rings. The van der Waals surface area contributed by atoms with Crippen LogP contribution in [0.15, 0.2) is 54.6 Å². The van der Waals surface area contributed by atoms with Gasteiger partial charge in [-0.3, -0.25) is 9.69 Å². The van der Waals surface area contributed by atoms with Crippen molar-refractivity contribution < 1.29 is 24.2 Å². The molecule has 0 aromatic heterocycles. The van der Waals surface area contributed by atoms with E-state index in [0.717, 1.165) is 5.56 Å². The van der Waals surface area contributed by atoms with Crippen molar-refractivity contribution in [2.75, 3.05) is 19.0 Å². The molecule has 0 bridgehead atoms. The number of likely N-dealkylation sites (tertiary alicyclic amines) is 1. The minimum absolute atomic E-state index is 0.0593. The lowest BCUT2D eigenvalue weighted by Crippen LogP contribution is -2.43. The van der Waals surface area contributed by atoms with Crippen LogP contribution in [-0.2, 0) is 16.1 Å². The second-order valence-corrected chi connectivity index (χ2v) is 6.32. The van der Waals surface area contributed by atoms with Gasteiger partial charge in [0.2, 0.25) is 5.91 Å². The summed E-state index contributed by atoms with van der Waals surface area (Å²) in [5.41, 5.74) is 1.40. The smallest absolute Gasteiger partial charge is 0.410 e. The summed E-state index contributed by atoms with van der Waals surface area (Å²) in [4.78, 5) is 26.3. The minimum Gasteiger partial charge on any atom is -0.497 e. The largest absolute Gasteiger partial charge is 0.497 e. The maximum atomic E-state index is 12.6. The average Bonchev–Trinajstić information content (AvgIpc) is 3.09. The Labute approximate surface area is 157 Å². The van der Waals surface area contributed by atoms with Crippen molar-refractivity contribution in [3.8, 4) is 5.75 Å². The molecule has 7 heteroatoms. The number of aliphatic hydroxyl groups excluding tert-OH is 1. The number of nitrogens with zero attached hydrogens (tertiary/aromatic N) is 1. The predicted octanol–water partition coefficient (Wildman–Crippen LogP) is 2.41. The summed E-state index contributed by atoms with van der Waals surface area (Å²) in [7, 11) is 1.54. The number of hydrogen-bond acceptors (Lipinski definition) is 5.